The molecule has 61 heavy (non-hydrogen) atoms. The fourth-order valence-corrected chi connectivity index (χ4v) is 11.6. The topological polar surface area (TPSA) is 166 Å². The van der Waals surface area contributed by atoms with Gasteiger partial charge in [-0.2, -0.15) is 0 Å². The van der Waals surface area contributed by atoms with Crippen molar-refractivity contribution in [3.63, 3.8) is 0 Å². The van der Waals surface area contributed by atoms with Gasteiger partial charge < -0.3 is 34.8 Å². The van der Waals surface area contributed by atoms with Gasteiger partial charge in [-0.1, -0.05) is 57.2 Å². The Bertz CT molecular complexity index is 2530. The van der Waals surface area contributed by atoms with Crippen LogP contribution in [0.5, 0.6) is 0 Å². The van der Waals surface area contributed by atoms with Crippen LogP contribution in [0.25, 0.3) is 44.5 Å². The minimum absolute atomic E-state index is 0.0192. The molecule has 1 saturated carbocycles. The smallest absolute Gasteiger partial charge is 0.408 e. The lowest BCUT2D eigenvalue weighted by Gasteiger charge is -2.47. The number of likely N-dealkylation sites (tertiary alicyclic amines) is 2. The third-order valence-corrected chi connectivity index (χ3v) is 14.9. The van der Waals surface area contributed by atoms with E-state index >= 15 is 0 Å². The van der Waals surface area contributed by atoms with Crippen molar-refractivity contribution in [2.75, 3.05) is 26.9 Å². The highest BCUT2D eigenvalue weighted by molar-refractivity contribution is 5.87. The fraction of sp³-hybridized carbons (Fsp3) is 0.479. The molecule has 2 bridgehead atoms. The zero-order valence-corrected chi connectivity index (χ0v) is 35.4. The first kappa shape index (κ1) is 39.4. The molecule has 4 fully saturated rings. The number of aromatic amines is 2. The number of aromatic nitrogens is 4. The molecule has 2 aliphatic carbocycles. The molecule has 5 atom stereocenters. The maximum Gasteiger partial charge on any atom is 0.408 e. The molecule has 5 heterocycles. The number of H-pyrrole nitrogens is 2. The fourth-order valence-electron chi connectivity index (χ4n) is 11.6. The summed E-state index contributed by atoms with van der Waals surface area (Å²) in [6, 6.07) is 18.5. The molecule has 3 amide bonds. The van der Waals surface area contributed by atoms with Crippen LogP contribution in [0.15, 0.2) is 60.8 Å². The van der Waals surface area contributed by atoms with Crippen LogP contribution >= 0.6 is 0 Å². The second-order valence-electron chi connectivity index (χ2n) is 18.9. The molecular weight excluding hydrogens is 771 g/mol. The Labute approximate surface area is 355 Å². The number of nitrogens with zero attached hydrogens (tertiary/aromatic N) is 4. The van der Waals surface area contributed by atoms with Gasteiger partial charge in [-0.3, -0.25) is 9.69 Å². The van der Waals surface area contributed by atoms with Crippen molar-refractivity contribution in [1.29, 1.82) is 0 Å². The molecule has 0 radical (unpaired) electrons. The number of alkyl carbamates (subject to hydrolysis) is 1. The van der Waals surface area contributed by atoms with Gasteiger partial charge in [-0.05, 0) is 126 Å². The molecule has 3 aliphatic heterocycles. The molecule has 2 aromatic heterocycles. The standard InChI is InChI=1S/C48H55N7O6/c1-47(2,3)48-18-15-33(25-48)55(46(58)59)41(48)43-50-36-14-11-29(24-37(36)51-43)28-9-12-34-30(22-28)7-8-31-23-32(10-13-35(31)34)38-26-49-42(52-38)39-6-5-19-54(39)44(56)40(53-45(57)60-4)27-16-20-61-21-17-27/h9-14,22-24,26-27,33,39-41H,5-8,15-21,25H2,1-4H3,(H,49,52)(H,50,51)(H,53,57)(H,58,59)/t33-,39+,40+,41-,48?/m1/s1. The molecule has 5 aliphatic rings. The predicted molar refractivity (Wildman–Crippen MR) is 231 cm³/mol. The Hall–Kier alpha value is -5.69. The van der Waals surface area contributed by atoms with Crippen LogP contribution < -0.4 is 5.32 Å². The highest BCUT2D eigenvalue weighted by Crippen LogP contribution is 2.66. The normalized spacial score (nSPS) is 24.2. The quantitative estimate of drug-likeness (QED) is 0.126. The molecule has 3 saturated heterocycles. The van der Waals surface area contributed by atoms with E-state index in [2.05, 4.69) is 90.7 Å². The van der Waals surface area contributed by atoms with Crippen LogP contribution in [0.2, 0.25) is 0 Å². The van der Waals surface area contributed by atoms with Crippen LogP contribution in [0, 0.1) is 16.7 Å². The van der Waals surface area contributed by atoms with Gasteiger partial charge in [0.05, 0.1) is 42.1 Å². The van der Waals surface area contributed by atoms with E-state index in [1.807, 2.05) is 11.1 Å². The van der Waals surface area contributed by atoms with Crippen LogP contribution in [0.1, 0.15) is 101 Å². The highest BCUT2D eigenvalue weighted by atomic mass is 16.5. The highest BCUT2D eigenvalue weighted by Gasteiger charge is 2.64. The average Bonchev–Trinajstić information content (AvgIpc) is 4.12. The molecule has 0 spiro atoms. The number of carbonyl (C=O) groups is 3. The van der Waals surface area contributed by atoms with E-state index in [0.717, 1.165) is 90.0 Å². The van der Waals surface area contributed by atoms with E-state index in [1.54, 1.807) is 4.90 Å². The molecule has 13 nitrogen and oxygen atoms in total. The summed E-state index contributed by atoms with van der Waals surface area (Å²) in [7, 11) is 1.32. The van der Waals surface area contributed by atoms with Gasteiger partial charge in [-0.25, -0.2) is 19.6 Å². The number of carboxylic acid groups (broad SMARTS) is 1. The Kier molecular flexibility index (Phi) is 9.72. The number of imidazole rings is 2. The molecule has 10 rings (SSSR count). The van der Waals surface area contributed by atoms with Gasteiger partial charge in [0, 0.05) is 31.2 Å². The number of piperidine rings is 1. The van der Waals surface area contributed by atoms with Gasteiger partial charge in [0.25, 0.3) is 0 Å². The third kappa shape index (κ3) is 6.67. The van der Waals surface area contributed by atoms with Gasteiger partial charge in [-0.15, -0.1) is 0 Å². The van der Waals surface area contributed by atoms with E-state index < -0.39 is 18.2 Å². The summed E-state index contributed by atoms with van der Waals surface area (Å²) >= 11 is 0. The van der Waals surface area contributed by atoms with Crippen molar-refractivity contribution in [3.05, 3.63) is 83.6 Å². The first-order valence-electron chi connectivity index (χ1n) is 22.0. The maximum atomic E-state index is 14.1. The summed E-state index contributed by atoms with van der Waals surface area (Å²) in [6.07, 6.45) is 8.07. The average molecular weight is 826 g/mol. The van der Waals surface area contributed by atoms with E-state index in [1.165, 1.54) is 29.4 Å². The number of benzene rings is 3. The number of hydrogen-bond acceptors (Lipinski definition) is 7. The number of ether oxygens (including phenoxy) is 2. The van der Waals surface area contributed by atoms with Crippen LogP contribution in [0.3, 0.4) is 0 Å². The molecule has 1 unspecified atom stereocenters. The minimum atomic E-state index is -0.863. The van der Waals surface area contributed by atoms with Crippen LogP contribution in [0.4, 0.5) is 9.59 Å². The van der Waals surface area contributed by atoms with E-state index in [9.17, 15) is 19.5 Å². The third-order valence-electron chi connectivity index (χ3n) is 14.9. The van der Waals surface area contributed by atoms with E-state index in [-0.39, 0.29) is 40.8 Å². The summed E-state index contributed by atoms with van der Waals surface area (Å²) in [6.45, 7) is 8.47. The first-order valence-corrected chi connectivity index (χ1v) is 22.0. The number of fused-ring (bicyclic) bond motifs is 6. The monoisotopic (exact) mass is 825 g/mol. The van der Waals surface area contributed by atoms with Crippen LogP contribution in [-0.2, 0) is 27.1 Å². The lowest BCUT2D eigenvalue weighted by Crippen LogP contribution is -2.53. The van der Waals surface area contributed by atoms with Crippen LogP contribution in [-0.4, -0.2) is 91.9 Å². The lowest BCUT2D eigenvalue weighted by molar-refractivity contribution is -0.136. The number of rotatable bonds is 7. The largest absolute Gasteiger partial charge is 0.465 e. The molecule has 5 aromatic rings. The van der Waals surface area contributed by atoms with Gasteiger partial charge >= 0.3 is 12.2 Å². The molecule has 3 aromatic carbocycles. The second kappa shape index (κ2) is 15.0. The predicted octanol–water partition coefficient (Wildman–Crippen LogP) is 8.82. The number of methoxy groups -OCH3 is 1. The van der Waals surface area contributed by atoms with Gasteiger partial charge in [0.15, 0.2) is 0 Å². The Balaban J connectivity index is 0.872. The Morgan fingerprint density at radius 1 is 0.918 bits per heavy atom. The summed E-state index contributed by atoms with van der Waals surface area (Å²) < 4.78 is 10.4. The summed E-state index contributed by atoms with van der Waals surface area (Å²) in [5, 5.41) is 13.2. The Morgan fingerprint density at radius 3 is 2.34 bits per heavy atom. The number of nitrogens with one attached hydrogen (secondary N) is 3. The molecular formula is C48H55N7O6. The molecule has 4 N–H and O–H groups in total. The Morgan fingerprint density at radius 2 is 1.62 bits per heavy atom. The number of hydrogen-bond donors (Lipinski definition) is 4. The van der Waals surface area contributed by atoms with Crippen molar-refractivity contribution < 1.29 is 29.0 Å². The van der Waals surface area contributed by atoms with Crippen molar-refractivity contribution in [2.45, 2.75) is 103 Å². The van der Waals surface area contributed by atoms with Crippen molar-refractivity contribution >= 4 is 29.1 Å². The SMILES string of the molecule is COC(=O)N[C@H](C(=O)N1CCC[C@H]1c1ncc(-c2ccc3c(c2)CCc2cc(-c4ccc5nc([C@H]6N(C(=O)O)[C@@H]7CCC6(C(C)(C)C)C7)[nH]c5c4)ccc2-3)[nH]1)C1CCOCC1. The number of carbonyl (C=O) groups excluding carboxylic acids is 2. The number of aryl methyl sites for hydroxylation is 2. The first-order chi connectivity index (χ1) is 29.4. The summed E-state index contributed by atoms with van der Waals surface area (Å²) in [5.41, 5.74) is 10.8. The summed E-state index contributed by atoms with van der Waals surface area (Å²) in [4.78, 5) is 59.5. The van der Waals surface area contributed by atoms with Crippen molar-refractivity contribution in [2.24, 2.45) is 16.7 Å². The molecule has 318 valence electrons. The van der Waals surface area contributed by atoms with Crippen molar-refractivity contribution in [1.82, 2.24) is 35.1 Å². The zero-order chi connectivity index (χ0) is 42.2. The minimum Gasteiger partial charge on any atom is -0.465 e. The second-order valence-corrected chi connectivity index (χ2v) is 18.9. The maximum absolute atomic E-state index is 14.1. The van der Waals surface area contributed by atoms with Gasteiger partial charge in [0.2, 0.25) is 5.91 Å². The summed E-state index contributed by atoms with van der Waals surface area (Å²) in [5.74, 6) is 1.39. The van der Waals surface area contributed by atoms with Gasteiger partial charge in [0.1, 0.15) is 17.7 Å². The zero-order valence-electron chi connectivity index (χ0n) is 35.4. The van der Waals surface area contributed by atoms with E-state index in [4.69, 9.17) is 19.4 Å². The lowest BCUT2D eigenvalue weighted by atomic mass is 9.61. The molecule has 13 heteroatoms. The van der Waals surface area contributed by atoms with Crippen molar-refractivity contribution in [3.8, 4) is 33.5 Å². The van der Waals surface area contributed by atoms with E-state index in [0.29, 0.717) is 32.6 Å². The number of amides is 3.